The summed E-state index contributed by atoms with van der Waals surface area (Å²) in [5, 5.41) is 13.0. The van der Waals surface area contributed by atoms with Gasteiger partial charge in [0, 0.05) is 25.2 Å². The minimum Gasteiger partial charge on any atom is -0.309 e. The van der Waals surface area contributed by atoms with Crippen molar-refractivity contribution in [3.05, 3.63) is 99.6 Å². The summed E-state index contributed by atoms with van der Waals surface area (Å²) in [7, 11) is -7.06. The number of nitrogens with one attached hydrogen (secondary N) is 1. The zero-order chi connectivity index (χ0) is 22.9. The standard InChI is InChI=1S/C22H22N2O6S2.ClH/c25-24(26)18-11-9-16(10-12-18)13-23-14-17-5-4-8-20-22(17)21(15-31(20,27)28)32(29,30)19-6-2-1-3-7-19;/h1-12,21,23,27-28H,13-15H2;1H. The molecule has 0 amide bonds. The molecule has 3 aromatic carbocycles. The van der Waals surface area contributed by atoms with E-state index in [2.05, 4.69) is 5.32 Å². The summed E-state index contributed by atoms with van der Waals surface area (Å²) in [4.78, 5) is 10.7. The van der Waals surface area contributed by atoms with Gasteiger partial charge in [0.25, 0.3) is 5.69 Å². The van der Waals surface area contributed by atoms with E-state index in [9.17, 15) is 27.6 Å². The van der Waals surface area contributed by atoms with Gasteiger partial charge in [-0.25, -0.2) is 8.42 Å². The number of benzene rings is 3. The first-order chi connectivity index (χ1) is 15.2. The Balaban J connectivity index is 0.00000306. The Morgan fingerprint density at radius 3 is 2.27 bits per heavy atom. The normalized spacial score (nSPS) is 17.6. The van der Waals surface area contributed by atoms with Crippen LogP contribution in [0.4, 0.5) is 5.69 Å². The highest BCUT2D eigenvalue weighted by atomic mass is 35.5. The highest BCUT2D eigenvalue weighted by Gasteiger charge is 2.44. The lowest BCUT2D eigenvalue weighted by Crippen LogP contribution is -2.19. The Morgan fingerprint density at radius 1 is 0.970 bits per heavy atom. The maximum atomic E-state index is 13.3. The van der Waals surface area contributed by atoms with E-state index < -0.39 is 30.6 Å². The molecular formula is C22H23ClN2O6S2. The van der Waals surface area contributed by atoms with Gasteiger partial charge in [0.1, 0.15) is 5.25 Å². The smallest absolute Gasteiger partial charge is 0.269 e. The van der Waals surface area contributed by atoms with Crippen LogP contribution in [-0.2, 0) is 22.9 Å². The Labute approximate surface area is 199 Å². The van der Waals surface area contributed by atoms with Gasteiger partial charge < -0.3 is 5.32 Å². The summed E-state index contributed by atoms with van der Waals surface area (Å²) in [6.07, 6.45) is 0. The first-order valence-corrected chi connectivity index (χ1v) is 13.1. The highest BCUT2D eigenvalue weighted by Crippen LogP contribution is 2.62. The lowest BCUT2D eigenvalue weighted by molar-refractivity contribution is -0.384. The van der Waals surface area contributed by atoms with E-state index in [1.807, 2.05) is 0 Å². The first kappa shape index (κ1) is 25.2. The van der Waals surface area contributed by atoms with Crippen molar-refractivity contribution in [1.82, 2.24) is 5.32 Å². The number of nitrogens with zero attached hydrogens (tertiary/aromatic N) is 1. The average molecular weight is 511 g/mol. The largest absolute Gasteiger partial charge is 0.309 e. The van der Waals surface area contributed by atoms with Crippen molar-refractivity contribution in [3.8, 4) is 0 Å². The van der Waals surface area contributed by atoms with Crippen molar-refractivity contribution in [3.63, 3.8) is 0 Å². The molecule has 1 aliphatic heterocycles. The molecule has 176 valence electrons. The number of sulfone groups is 1. The van der Waals surface area contributed by atoms with Crippen molar-refractivity contribution >= 4 is 38.5 Å². The lowest BCUT2D eigenvalue weighted by Gasteiger charge is -2.27. The van der Waals surface area contributed by atoms with Gasteiger partial charge in [-0.15, -0.1) is 12.4 Å². The van der Waals surface area contributed by atoms with Crippen LogP contribution < -0.4 is 5.32 Å². The van der Waals surface area contributed by atoms with Crippen molar-refractivity contribution < 1.29 is 22.4 Å². The van der Waals surface area contributed by atoms with Crippen LogP contribution >= 0.6 is 23.0 Å². The monoisotopic (exact) mass is 510 g/mol. The van der Waals surface area contributed by atoms with E-state index in [0.29, 0.717) is 24.2 Å². The van der Waals surface area contributed by atoms with Gasteiger partial charge in [-0.1, -0.05) is 42.5 Å². The lowest BCUT2D eigenvalue weighted by atomic mass is 10.0. The Bertz CT molecular complexity index is 1250. The van der Waals surface area contributed by atoms with Crippen LogP contribution in [0.25, 0.3) is 0 Å². The molecule has 0 radical (unpaired) electrons. The van der Waals surface area contributed by atoms with Gasteiger partial charge in [-0.2, -0.15) is 10.6 Å². The molecule has 1 heterocycles. The zero-order valence-electron chi connectivity index (χ0n) is 17.3. The molecule has 0 saturated carbocycles. The predicted molar refractivity (Wildman–Crippen MR) is 130 cm³/mol. The van der Waals surface area contributed by atoms with Crippen LogP contribution in [-0.4, -0.2) is 28.2 Å². The van der Waals surface area contributed by atoms with E-state index in [1.165, 1.54) is 24.3 Å². The van der Waals surface area contributed by atoms with Crippen molar-refractivity contribution in [2.75, 3.05) is 5.75 Å². The average Bonchev–Trinajstić information content (AvgIpc) is 3.07. The van der Waals surface area contributed by atoms with Crippen LogP contribution in [0, 0.1) is 10.1 Å². The molecule has 1 aliphatic rings. The van der Waals surface area contributed by atoms with Gasteiger partial charge in [-0.05, 0) is 34.9 Å². The zero-order valence-corrected chi connectivity index (χ0v) is 19.8. The van der Waals surface area contributed by atoms with Crippen molar-refractivity contribution in [2.24, 2.45) is 0 Å². The number of halogens is 1. The first-order valence-electron chi connectivity index (χ1n) is 9.81. The van der Waals surface area contributed by atoms with Gasteiger partial charge in [-0.3, -0.25) is 19.2 Å². The quantitative estimate of drug-likeness (QED) is 0.303. The molecule has 3 aromatic rings. The number of rotatable bonds is 7. The third kappa shape index (κ3) is 5.06. The van der Waals surface area contributed by atoms with E-state index in [0.717, 1.165) is 5.56 Å². The number of hydrogen-bond acceptors (Lipinski definition) is 7. The maximum absolute atomic E-state index is 13.3. The molecule has 4 rings (SSSR count). The topological polar surface area (TPSA) is 130 Å². The number of non-ortho nitro benzene ring substituents is 1. The van der Waals surface area contributed by atoms with E-state index in [1.54, 1.807) is 48.5 Å². The molecule has 1 unspecified atom stereocenters. The molecule has 0 aromatic heterocycles. The van der Waals surface area contributed by atoms with E-state index in [4.69, 9.17) is 0 Å². The van der Waals surface area contributed by atoms with Crippen LogP contribution in [0.5, 0.6) is 0 Å². The molecule has 0 saturated heterocycles. The fraction of sp³-hybridized carbons (Fsp3) is 0.182. The van der Waals surface area contributed by atoms with Gasteiger partial charge in [0.15, 0.2) is 9.84 Å². The minimum absolute atomic E-state index is 0. The maximum Gasteiger partial charge on any atom is 0.269 e. The van der Waals surface area contributed by atoms with Crippen LogP contribution in [0.1, 0.15) is 21.9 Å². The van der Waals surface area contributed by atoms with Crippen LogP contribution in [0.3, 0.4) is 0 Å². The summed E-state index contributed by atoms with van der Waals surface area (Å²) < 4.78 is 47.9. The van der Waals surface area contributed by atoms with E-state index in [-0.39, 0.29) is 33.6 Å². The molecular weight excluding hydrogens is 488 g/mol. The summed E-state index contributed by atoms with van der Waals surface area (Å²) >= 11 is 0. The Hall–Kier alpha value is -2.47. The Kier molecular flexibility index (Phi) is 7.47. The molecule has 0 bridgehead atoms. The molecule has 11 heteroatoms. The molecule has 3 N–H and O–H groups in total. The third-order valence-electron chi connectivity index (χ3n) is 5.45. The number of hydrogen-bond donors (Lipinski definition) is 3. The third-order valence-corrected chi connectivity index (χ3v) is 9.60. The SMILES string of the molecule is Cl.O=[N+]([O-])c1ccc(CNCc2cccc3c2C(S(=O)(=O)c2ccccc2)CS3(O)O)cc1. The minimum atomic E-state index is -3.83. The van der Waals surface area contributed by atoms with E-state index >= 15 is 0 Å². The number of nitro groups is 1. The number of fused-ring (bicyclic) bond motifs is 1. The second-order valence-corrected chi connectivity index (χ2v) is 11.8. The summed E-state index contributed by atoms with van der Waals surface area (Å²) in [6, 6.07) is 19.2. The highest BCUT2D eigenvalue weighted by molar-refractivity contribution is 8.25. The van der Waals surface area contributed by atoms with Crippen LogP contribution in [0.2, 0.25) is 0 Å². The number of nitro benzene ring substituents is 1. The van der Waals surface area contributed by atoms with Gasteiger partial charge >= 0.3 is 0 Å². The molecule has 0 fully saturated rings. The van der Waals surface area contributed by atoms with Gasteiger partial charge in [0.05, 0.1) is 20.5 Å². The molecule has 8 nitrogen and oxygen atoms in total. The molecule has 0 aliphatic carbocycles. The Morgan fingerprint density at radius 2 is 1.64 bits per heavy atom. The summed E-state index contributed by atoms with van der Waals surface area (Å²) in [6.45, 7) is 0.713. The molecule has 33 heavy (non-hydrogen) atoms. The van der Waals surface area contributed by atoms with Crippen molar-refractivity contribution in [1.29, 1.82) is 0 Å². The molecule has 0 spiro atoms. The second-order valence-electron chi connectivity index (χ2n) is 7.54. The van der Waals surface area contributed by atoms with Crippen LogP contribution in [0.15, 0.2) is 82.6 Å². The predicted octanol–water partition coefficient (Wildman–Crippen LogP) is 4.94. The fourth-order valence-electron chi connectivity index (χ4n) is 3.87. The van der Waals surface area contributed by atoms with Crippen molar-refractivity contribution in [2.45, 2.75) is 28.1 Å². The van der Waals surface area contributed by atoms with Gasteiger partial charge in [0.2, 0.25) is 0 Å². The molecule has 1 atom stereocenters. The second kappa shape index (κ2) is 9.80. The fourth-order valence-corrected chi connectivity index (χ4v) is 8.38. The summed E-state index contributed by atoms with van der Waals surface area (Å²) in [5.74, 6) is -0.265. The summed E-state index contributed by atoms with van der Waals surface area (Å²) in [5.41, 5.74) is 1.95.